The Morgan fingerprint density at radius 3 is 2.20 bits per heavy atom. The van der Waals surface area contributed by atoms with Gasteiger partial charge in [0.15, 0.2) is 0 Å². The van der Waals surface area contributed by atoms with Gasteiger partial charge in [-0.1, -0.05) is 24.3 Å². The van der Waals surface area contributed by atoms with Crippen LogP contribution in [0.1, 0.15) is 24.2 Å². The molecule has 1 unspecified atom stereocenters. The zero-order valence-electron chi connectivity index (χ0n) is 5.97. The zero-order valence-corrected chi connectivity index (χ0v) is 5.97. The highest BCUT2D eigenvalue weighted by Gasteiger charge is 1.99. The molecule has 1 atom stereocenters. The van der Waals surface area contributed by atoms with Gasteiger partial charge in [-0.05, 0) is 25.0 Å². The zero-order chi connectivity index (χ0) is 7.56. The summed E-state index contributed by atoms with van der Waals surface area (Å²) in [5.74, 6) is 0. The third kappa shape index (κ3) is 1.56. The molecule has 0 saturated heterocycles. The Hall–Kier alpha value is -0.850. The summed E-state index contributed by atoms with van der Waals surface area (Å²) in [5.41, 5.74) is 1.64. The van der Waals surface area contributed by atoms with E-state index in [1.807, 2.05) is 12.1 Å². The van der Waals surface area contributed by atoms with Gasteiger partial charge in [0.05, 0.1) is 0 Å². The second-order valence-electron chi connectivity index (χ2n) is 2.36. The van der Waals surface area contributed by atoms with Crippen molar-refractivity contribution in [3.63, 3.8) is 0 Å². The molecule has 0 heterocycles. The number of halogens is 1. The average Bonchev–Trinajstić information content (AvgIpc) is 1.88. The summed E-state index contributed by atoms with van der Waals surface area (Å²) >= 11 is 0. The summed E-state index contributed by atoms with van der Waals surface area (Å²) in [6.45, 7) is 5.22. The van der Waals surface area contributed by atoms with Gasteiger partial charge in [0.1, 0.15) is 6.17 Å². The molecule has 0 aliphatic heterocycles. The monoisotopic (exact) mass is 137 g/mol. The maximum absolute atomic E-state index is 12.5. The van der Waals surface area contributed by atoms with Crippen LogP contribution in [0, 0.1) is 6.92 Å². The van der Waals surface area contributed by atoms with E-state index in [9.17, 15) is 4.39 Å². The predicted molar refractivity (Wildman–Crippen MR) is 40.4 cm³/mol. The van der Waals surface area contributed by atoms with Crippen LogP contribution in [0.2, 0.25) is 0 Å². The minimum absolute atomic E-state index is 0.715. The van der Waals surface area contributed by atoms with Crippen LogP contribution in [-0.2, 0) is 0 Å². The maximum atomic E-state index is 12.5. The van der Waals surface area contributed by atoms with Crippen molar-refractivity contribution in [1.29, 1.82) is 0 Å². The first kappa shape index (κ1) is 7.26. The van der Waals surface area contributed by atoms with Crippen molar-refractivity contribution in [3.8, 4) is 0 Å². The Kier molecular flexibility index (Phi) is 2.05. The van der Waals surface area contributed by atoms with Gasteiger partial charge in [-0.3, -0.25) is 0 Å². The molecule has 1 radical (unpaired) electrons. The van der Waals surface area contributed by atoms with E-state index in [0.717, 1.165) is 5.56 Å². The molecule has 1 aromatic carbocycles. The van der Waals surface area contributed by atoms with E-state index in [2.05, 4.69) is 6.92 Å². The quantitative estimate of drug-likeness (QED) is 0.558. The number of hydrogen-bond acceptors (Lipinski definition) is 0. The Bertz CT molecular complexity index is 198. The van der Waals surface area contributed by atoms with Crippen molar-refractivity contribution in [2.45, 2.75) is 13.1 Å². The molecule has 0 aromatic heterocycles. The van der Waals surface area contributed by atoms with Gasteiger partial charge in [-0.15, -0.1) is 0 Å². The second-order valence-corrected chi connectivity index (χ2v) is 2.36. The third-order valence-electron chi connectivity index (χ3n) is 1.44. The second kappa shape index (κ2) is 2.82. The fourth-order valence-corrected chi connectivity index (χ4v) is 0.783. The lowest BCUT2D eigenvalue weighted by Gasteiger charge is -2.00. The fraction of sp³-hybridized carbons (Fsp3) is 0.222. The van der Waals surface area contributed by atoms with Crippen molar-refractivity contribution in [1.82, 2.24) is 0 Å². The summed E-state index contributed by atoms with van der Waals surface area (Å²) in [6.07, 6.45) is -0.874. The van der Waals surface area contributed by atoms with Crippen LogP contribution in [0.15, 0.2) is 24.3 Å². The summed E-state index contributed by atoms with van der Waals surface area (Å²) in [4.78, 5) is 0. The smallest absolute Gasteiger partial charge is 0.122 e. The SMILES string of the molecule is [CH2]c1ccc(C(C)F)cc1. The molecule has 1 rings (SSSR count). The van der Waals surface area contributed by atoms with E-state index in [-0.39, 0.29) is 0 Å². The van der Waals surface area contributed by atoms with Crippen LogP contribution in [0.25, 0.3) is 0 Å². The normalized spacial score (nSPS) is 13.1. The standard InChI is InChI=1S/C9H10F/c1-7-3-5-9(6-4-7)8(2)10/h3-6,8H,1H2,2H3. The molecular formula is C9H10F. The minimum atomic E-state index is -0.874. The van der Waals surface area contributed by atoms with Gasteiger partial charge in [-0.2, -0.15) is 0 Å². The highest BCUT2D eigenvalue weighted by atomic mass is 19.1. The molecule has 10 heavy (non-hydrogen) atoms. The van der Waals surface area contributed by atoms with Crippen molar-refractivity contribution in [3.05, 3.63) is 42.3 Å². The van der Waals surface area contributed by atoms with E-state index in [0.29, 0.717) is 5.56 Å². The van der Waals surface area contributed by atoms with Crippen LogP contribution in [0.3, 0.4) is 0 Å². The van der Waals surface area contributed by atoms with Crippen LogP contribution in [0.4, 0.5) is 4.39 Å². The van der Waals surface area contributed by atoms with E-state index < -0.39 is 6.17 Å². The first-order valence-electron chi connectivity index (χ1n) is 3.26. The average molecular weight is 137 g/mol. The van der Waals surface area contributed by atoms with Gasteiger partial charge in [0.2, 0.25) is 0 Å². The van der Waals surface area contributed by atoms with Crippen LogP contribution < -0.4 is 0 Å². The van der Waals surface area contributed by atoms with Crippen molar-refractivity contribution in [2.75, 3.05) is 0 Å². The number of hydrogen-bond donors (Lipinski definition) is 0. The van der Waals surface area contributed by atoms with Crippen molar-refractivity contribution >= 4 is 0 Å². The van der Waals surface area contributed by atoms with E-state index in [1.165, 1.54) is 6.92 Å². The largest absolute Gasteiger partial charge is 0.243 e. The van der Waals surface area contributed by atoms with Gasteiger partial charge in [0, 0.05) is 0 Å². The lowest BCUT2D eigenvalue weighted by Crippen LogP contribution is -1.83. The van der Waals surface area contributed by atoms with Crippen molar-refractivity contribution < 1.29 is 4.39 Å². The summed E-state index contributed by atoms with van der Waals surface area (Å²) in [7, 11) is 0. The third-order valence-corrected chi connectivity index (χ3v) is 1.44. The van der Waals surface area contributed by atoms with Gasteiger partial charge >= 0.3 is 0 Å². The summed E-state index contributed by atoms with van der Waals surface area (Å²) in [6, 6.07) is 7.14. The van der Waals surface area contributed by atoms with Crippen LogP contribution >= 0.6 is 0 Å². The molecule has 0 amide bonds. The Morgan fingerprint density at radius 1 is 1.30 bits per heavy atom. The van der Waals surface area contributed by atoms with Gasteiger partial charge in [0.25, 0.3) is 0 Å². The van der Waals surface area contributed by atoms with Gasteiger partial charge in [-0.25, -0.2) is 4.39 Å². The molecule has 53 valence electrons. The summed E-state index contributed by atoms with van der Waals surface area (Å²) < 4.78 is 12.5. The molecule has 0 spiro atoms. The highest BCUT2D eigenvalue weighted by Crippen LogP contribution is 2.15. The molecular weight excluding hydrogens is 127 g/mol. The molecule has 0 fully saturated rings. The maximum Gasteiger partial charge on any atom is 0.122 e. The molecule has 0 bridgehead atoms. The van der Waals surface area contributed by atoms with Crippen molar-refractivity contribution in [2.24, 2.45) is 0 Å². The fourth-order valence-electron chi connectivity index (χ4n) is 0.783. The number of rotatable bonds is 1. The Labute approximate surface area is 60.7 Å². The molecule has 0 aliphatic rings. The lowest BCUT2D eigenvalue weighted by atomic mass is 10.1. The molecule has 1 aromatic rings. The first-order valence-corrected chi connectivity index (χ1v) is 3.26. The van der Waals surface area contributed by atoms with Crippen LogP contribution in [-0.4, -0.2) is 0 Å². The number of alkyl halides is 1. The molecule has 0 aliphatic carbocycles. The minimum Gasteiger partial charge on any atom is -0.243 e. The van der Waals surface area contributed by atoms with E-state index in [1.54, 1.807) is 12.1 Å². The Morgan fingerprint density at radius 2 is 1.80 bits per heavy atom. The first-order chi connectivity index (χ1) is 4.70. The molecule has 0 N–H and O–H groups in total. The molecule has 0 nitrogen and oxygen atoms in total. The van der Waals surface area contributed by atoms with E-state index in [4.69, 9.17) is 0 Å². The topological polar surface area (TPSA) is 0 Å². The predicted octanol–water partition coefficient (Wildman–Crippen LogP) is 2.90. The van der Waals surface area contributed by atoms with Crippen LogP contribution in [0.5, 0.6) is 0 Å². The number of benzene rings is 1. The highest BCUT2D eigenvalue weighted by molar-refractivity contribution is 5.25. The Balaban J connectivity index is 2.89. The van der Waals surface area contributed by atoms with Gasteiger partial charge < -0.3 is 0 Å². The summed E-state index contributed by atoms with van der Waals surface area (Å²) in [5, 5.41) is 0. The molecule has 1 heteroatoms. The molecule has 0 saturated carbocycles. The lowest BCUT2D eigenvalue weighted by molar-refractivity contribution is 0.374. The van der Waals surface area contributed by atoms with E-state index >= 15 is 0 Å².